The molecule has 0 bridgehead atoms. The lowest BCUT2D eigenvalue weighted by Gasteiger charge is -2.20. The summed E-state index contributed by atoms with van der Waals surface area (Å²) < 4.78 is 5.68. The third-order valence-corrected chi connectivity index (χ3v) is 3.02. The van der Waals surface area contributed by atoms with Crippen molar-refractivity contribution < 1.29 is 4.74 Å². The van der Waals surface area contributed by atoms with Crippen molar-refractivity contribution in [3.05, 3.63) is 47.8 Å². The molecule has 112 valence electrons. The molecule has 0 atom stereocenters. The van der Waals surface area contributed by atoms with Crippen LogP contribution in [0, 0.1) is 0 Å². The summed E-state index contributed by atoms with van der Waals surface area (Å²) in [5.74, 6) is 0.773. The average molecular weight is 285 g/mol. The highest BCUT2D eigenvalue weighted by atomic mass is 16.5. The van der Waals surface area contributed by atoms with Gasteiger partial charge in [-0.1, -0.05) is 19.1 Å². The van der Waals surface area contributed by atoms with Crippen molar-refractivity contribution in [1.29, 1.82) is 0 Å². The van der Waals surface area contributed by atoms with Crippen LogP contribution >= 0.6 is 0 Å². The molecule has 0 amide bonds. The molecule has 0 aliphatic carbocycles. The number of nitrogens with one attached hydrogen (secondary N) is 1. The molecule has 0 aliphatic rings. The minimum absolute atomic E-state index is 0.0791. The van der Waals surface area contributed by atoms with Crippen LogP contribution in [-0.4, -0.2) is 15.5 Å². The topological polar surface area (TPSA) is 47.0 Å². The number of rotatable bonds is 5. The summed E-state index contributed by atoms with van der Waals surface area (Å²) in [6.45, 7) is 9.26. The molecule has 0 radical (unpaired) electrons. The fraction of sp³-hybridized carbons (Fsp3) is 0.412. The second-order valence-corrected chi connectivity index (χ2v) is 6.08. The summed E-state index contributed by atoms with van der Waals surface area (Å²) >= 11 is 0. The van der Waals surface area contributed by atoms with Crippen LogP contribution in [0.5, 0.6) is 11.8 Å². The van der Waals surface area contributed by atoms with Crippen molar-refractivity contribution in [1.82, 2.24) is 15.3 Å². The summed E-state index contributed by atoms with van der Waals surface area (Å²) in [7, 11) is 0. The second kappa shape index (κ2) is 6.68. The first-order chi connectivity index (χ1) is 9.96. The van der Waals surface area contributed by atoms with Crippen molar-refractivity contribution in [2.24, 2.45) is 0 Å². The van der Waals surface area contributed by atoms with Crippen LogP contribution in [0.15, 0.2) is 36.7 Å². The van der Waals surface area contributed by atoms with Crippen molar-refractivity contribution in [2.75, 3.05) is 0 Å². The Hall–Kier alpha value is -1.94. The van der Waals surface area contributed by atoms with Gasteiger partial charge in [0, 0.05) is 30.0 Å². The summed E-state index contributed by atoms with van der Waals surface area (Å²) in [5, 5.41) is 3.40. The van der Waals surface area contributed by atoms with Gasteiger partial charge in [-0.3, -0.25) is 0 Å². The van der Waals surface area contributed by atoms with Gasteiger partial charge in [-0.15, -0.1) is 0 Å². The lowest BCUT2D eigenvalue weighted by atomic mass is 10.1. The van der Waals surface area contributed by atoms with Crippen LogP contribution in [0.25, 0.3) is 0 Å². The molecule has 4 heteroatoms. The first-order valence-corrected chi connectivity index (χ1v) is 7.29. The number of hydrogen-bond acceptors (Lipinski definition) is 4. The summed E-state index contributed by atoms with van der Waals surface area (Å²) in [6, 6.07) is 8.36. The maximum absolute atomic E-state index is 5.68. The van der Waals surface area contributed by atoms with Gasteiger partial charge in [-0.25, -0.2) is 9.97 Å². The summed E-state index contributed by atoms with van der Waals surface area (Å²) in [6.07, 6.45) is 4.57. The molecule has 0 aliphatic heterocycles. The predicted molar refractivity (Wildman–Crippen MR) is 84.5 cm³/mol. The van der Waals surface area contributed by atoms with Gasteiger partial charge in [0.05, 0.1) is 0 Å². The zero-order chi connectivity index (χ0) is 15.3. The first kappa shape index (κ1) is 15.4. The second-order valence-electron chi connectivity index (χ2n) is 6.08. The van der Waals surface area contributed by atoms with Crippen LogP contribution in [0.1, 0.15) is 38.8 Å². The summed E-state index contributed by atoms with van der Waals surface area (Å²) in [5.41, 5.74) is 2.36. The van der Waals surface area contributed by atoms with E-state index in [1.165, 1.54) is 5.56 Å². The quantitative estimate of drug-likeness (QED) is 0.909. The Labute approximate surface area is 126 Å². The van der Waals surface area contributed by atoms with Gasteiger partial charge in [-0.05, 0) is 44.9 Å². The molecule has 2 rings (SSSR count). The molecular weight excluding hydrogens is 262 g/mol. The van der Waals surface area contributed by atoms with Gasteiger partial charge in [-0.2, -0.15) is 0 Å². The Morgan fingerprint density at radius 1 is 1.10 bits per heavy atom. The molecule has 1 heterocycles. The van der Waals surface area contributed by atoms with Crippen molar-refractivity contribution in [3.8, 4) is 11.8 Å². The van der Waals surface area contributed by atoms with E-state index in [0.29, 0.717) is 6.01 Å². The highest BCUT2D eigenvalue weighted by Gasteiger charge is 2.09. The number of hydrogen-bond donors (Lipinski definition) is 1. The molecule has 1 aromatic carbocycles. The molecular formula is C17H23N3O. The van der Waals surface area contributed by atoms with E-state index >= 15 is 0 Å². The molecule has 0 fully saturated rings. The third kappa shape index (κ3) is 5.16. The lowest BCUT2D eigenvalue weighted by Crippen LogP contribution is -2.35. The Kier molecular flexibility index (Phi) is 4.91. The fourth-order valence-corrected chi connectivity index (χ4v) is 1.79. The van der Waals surface area contributed by atoms with E-state index in [4.69, 9.17) is 4.74 Å². The molecule has 1 aromatic heterocycles. The highest BCUT2D eigenvalue weighted by molar-refractivity contribution is 5.30. The normalized spacial score (nSPS) is 11.4. The van der Waals surface area contributed by atoms with Gasteiger partial charge in [0.15, 0.2) is 0 Å². The van der Waals surface area contributed by atoms with Crippen molar-refractivity contribution >= 4 is 0 Å². The van der Waals surface area contributed by atoms with Gasteiger partial charge < -0.3 is 10.1 Å². The molecule has 2 aromatic rings. The molecule has 0 spiro atoms. The van der Waals surface area contributed by atoms with Gasteiger partial charge in [0.25, 0.3) is 0 Å². The number of aromatic nitrogens is 2. The Balaban J connectivity index is 1.98. The monoisotopic (exact) mass is 285 g/mol. The van der Waals surface area contributed by atoms with E-state index in [1.54, 1.807) is 12.4 Å². The molecule has 4 nitrogen and oxygen atoms in total. The highest BCUT2D eigenvalue weighted by Crippen LogP contribution is 2.19. The summed E-state index contributed by atoms with van der Waals surface area (Å²) in [4.78, 5) is 8.51. The minimum Gasteiger partial charge on any atom is -0.424 e. The molecule has 0 unspecified atom stereocenters. The SMILES string of the molecule is CCc1cccc(Oc2ncc(CNC(C)(C)C)cn2)c1. The van der Waals surface area contributed by atoms with Crippen LogP contribution < -0.4 is 10.1 Å². The van der Waals surface area contributed by atoms with Crippen LogP contribution in [0.2, 0.25) is 0 Å². The smallest absolute Gasteiger partial charge is 0.321 e. The van der Waals surface area contributed by atoms with Crippen molar-refractivity contribution in [2.45, 2.75) is 46.2 Å². The van der Waals surface area contributed by atoms with Crippen LogP contribution in [0.3, 0.4) is 0 Å². The van der Waals surface area contributed by atoms with Gasteiger partial charge >= 0.3 is 6.01 Å². The van der Waals surface area contributed by atoms with E-state index in [9.17, 15) is 0 Å². The van der Waals surface area contributed by atoms with Gasteiger partial charge in [0.2, 0.25) is 0 Å². The van der Waals surface area contributed by atoms with E-state index in [2.05, 4.69) is 49.0 Å². The maximum atomic E-state index is 5.68. The molecule has 21 heavy (non-hydrogen) atoms. The molecule has 0 saturated heterocycles. The average Bonchev–Trinajstić information content (AvgIpc) is 2.46. The number of nitrogens with zero attached hydrogens (tertiary/aromatic N) is 2. The predicted octanol–water partition coefficient (Wildman–Crippen LogP) is 3.72. The van der Waals surface area contributed by atoms with E-state index < -0.39 is 0 Å². The van der Waals surface area contributed by atoms with E-state index in [-0.39, 0.29) is 5.54 Å². The molecule has 1 N–H and O–H groups in total. The Bertz CT molecular complexity index is 573. The maximum Gasteiger partial charge on any atom is 0.321 e. The minimum atomic E-state index is 0.0791. The largest absolute Gasteiger partial charge is 0.424 e. The number of aryl methyl sites for hydroxylation is 1. The first-order valence-electron chi connectivity index (χ1n) is 7.29. The number of benzene rings is 1. The van der Waals surface area contributed by atoms with Crippen LogP contribution in [-0.2, 0) is 13.0 Å². The van der Waals surface area contributed by atoms with Gasteiger partial charge in [0.1, 0.15) is 5.75 Å². The van der Waals surface area contributed by atoms with E-state index in [0.717, 1.165) is 24.3 Å². The zero-order valence-corrected chi connectivity index (χ0v) is 13.2. The third-order valence-electron chi connectivity index (χ3n) is 3.02. The van der Waals surface area contributed by atoms with Crippen LogP contribution in [0.4, 0.5) is 0 Å². The zero-order valence-electron chi connectivity index (χ0n) is 13.2. The number of ether oxygens (including phenoxy) is 1. The molecule has 0 saturated carbocycles. The van der Waals surface area contributed by atoms with E-state index in [1.807, 2.05) is 18.2 Å². The fourth-order valence-electron chi connectivity index (χ4n) is 1.79. The standard InChI is InChI=1S/C17H23N3O/c1-5-13-7-6-8-15(9-13)21-16-18-10-14(11-19-16)12-20-17(2,3)4/h6-11,20H,5,12H2,1-4H3. The Morgan fingerprint density at radius 2 is 1.81 bits per heavy atom. The Morgan fingerprint density at radius 3 is 2.43 bits per heavy atom. The van der Waals surface area contributed by atoms with Crippen molar-refractivity contribution in [3.63, 3.8) is 0 Å². The lowest BCUT2D eigenvalue weighted by molar-refractivity contribution is 0.419.